The third kappa shape index (κ3) is 4.32. The lowest BCUT2D eigenvalue weighted by molar-refractivity contribution is 0.473. The molecule has 1 unspecified atom stereocenters. The highest BCUT2D eigenvalue weighted by Crippen LogP contribution is 2.26. The van der Waals surface area contributed by atoms with Crippen LogP contribution in [0, 0.1) is 0 Å². The molecule has 0 aliphatic heterocycles. The van der Waals surface area contributed by atoms with Crippen LogP contribution in [0.2, 0.25) is 5.02 Å². The molecule has 0 aromatic carbocycles. The summed E-state index contributed by atoms with van der Waals surface area (Å²) in [5.41, 5.74) is 1.10. The number of hydrogen-bond acceptors (Lipinski definition) is 2. The van der Waals surface area contributed by atoms with Crippen molar-refractivity contribution in [2.75, 3.05) is 7.05 Å². The van der Waals surface area contributed by atoms with E-state index in [0.29, 0.717) is 6.04 Å². The number of aromatic nitrogens is 2. The van der Waals surface area contributed by atoms with E-state index in [1.165, 1.54) is 32.1 Å². The van der Waals surface area contributed by atoms with Crippen LogP contribution in [0.3, 0.4) is 0 Å². The molecule has 1 rings (SSSR count). The number of nitrogens with one attached hydrogen (secondary N) is 1. The second-order valence-corrected chi connectivity index (χ2v) is 4.95. The Kier molecular flexibility index (Phi) is 6.60. The van der Waals surface area contributed by atoms with Crippen LogP contribution in [-0.2, 0) is 7.05 Å². The standard InChI is InChI=1S/C13H24ClN3/c1-4-5-6-7-8-9-12(15-2)13-11(14)10-16-17(13)3/h10,12,15H,4-9H2,1-3H3. The molecule has 17 heavy (non-hydrogen) atoms. The summed E-state index contributed by atoms with van der Waals surface area (Å²) in [4.78, 5) is 0. The fraction of sp³-hybridized carbons (Fsp3) is 0.769. The normalized spacial score (nSPS) is 12.9. The molecule has 0 aliphatic carbocycles. The van der Waals surface area contributed by atoms with E-state index in [9.17, 15) is 0 Å². The van der Waals surface area contributed by atoms with E-state index in [1.54, 1.807) is 6.20 Å². The lowest BCUT2D eigenvalue weighted by Gasteiger charge is -2.17. The number of unbranched alkanes of at least 4 members (excludes halogenated alkanes) is 4. The van der Waals surface area contributed by atoms with Crippen molar-refractivity contribution in [3.63, 3.8) is 0 Å². The molecule has 0 aliphatic rings. The molecule has 4 heteroatoms. The SMILES string of the molecule is CCCCCCCC(NC)c1c(Cl)cnn1C. The van der Waals surface area contributed by atoms with Crippen LogP contribution >= 0.6 is 11.6 Å². The molecule has 1 aromatic rings. The van der Waals surface area contributed by atoms with Gasteiger partial charge in [0.15, 0.2) is 0 Å². The Labute approximate surface area is 110 Å². The highest BCUT2D eigenvalue weighted by molar-refractivity contribution is 6.31. The van der Waals surface area contributed by atoms with E-state index < -0.39 is 0 Å². The highest BCUT2D eigenvalue weighted by Gasteiger charge is 2.16. The number of hydrogen-bond donors (Lipinski definition) is 1. The first-order valence-corrected chi connectivity index (χ1v) is 6.93. The largest absolute Gasteiger partial charge is 0.312 e. The van der Waals surface area contributed by atoms with E-state index in [1.807, 2.05) is 18.8 Å². The van der Waals surface area contributed by atoms with E-state index in [4.69, 9.17) is 11.6 Å². The Morgan fingerprint density at radius 3 is 2.59 bits per heavy atom. The van der Waals surface area contributed by atoms with Crippen LogP contribution in [0.4, 0.5) is 0 Å². The van der Waals surface area contributed by atoms with Crippen molar-refractivity contribution < 1.29 is 0 Å². The minimum atomic E-state index is 0.316. The number of rotatable bonds is 8. The molecule has 0 saturated carbocycles. The molecule has 1 aromatic heterocycles. The lowest BCUT2D eigenvalue weighted by atomic mass is 10.0. The summed E-state index contributed by atoms with van der Waals surface area (Å²) in [5, 5.41) is 8.28. The first-order valence-electron chi connectivity index (χ1n) is 6.55. The average molecular weight is 258 g/mol. The predicted molar refractivity (Wildman–Crippen MR) is 73.4 cm³/mol. The van der Waals surface area contributed by atoms with Gasteiger partial charge in [0.1, 0.15) is 0 Å². The van der Waals surface area contributed by atoms with Crippen LogP contribution < -0.4 is 5.32 Å². The predicted octanol–water partition coefficient (Wildman–Crippen LogP) is 3.69. The maximum absolute atomic E-state index is 6.16. The van der Waals surface area contributed by atoms with E-state index >= 15 is 0 Å². The van der Waals surface area contributed by atoms with Gasteiger partial charge in [0.2, 0.25) is 0 Å². The van der Waals surface area contributed by atoms with E-state index in [0.717, 1.165) is 17.1 Å². The molecule has 0 spiro atoms. The molecule has 3 nitrogen and oxygen atoms in total. The summed E-state index contributed by atoms with van der Waals surface area (Å²) in [6, 6.07) is 0.316. The van der Waals surface area contributed by atoms with Gasteiger partial charge in [0.05, 0.1) is 23.0 Å². The quantitative estimate of drug-likeness (QED) is 0.720. The van der Waals surface area contributed by atoms with E-state index in [2.05, 4.69) is 17.3 Å². The van der Waals surface area contributed by atoms with Gasteiger partial charge in [0, 0.05) is 7.05 Å². The second-order valence-electron chi connectivity index (χ2n) is 4.55. The average Bonchev–Trinajstić information content (AvgIpc) is 2.65. The molecule has 1 N–H and O–H groups in total. The van der Waals surface area contributed by atoms with Crippen molar-refractivity contribution in [3.8, 4) is 0 Å². The van der Waals surface area contributed by atoms with Gasteiger partial charge in [-0.15, -0.1) is 0 Å². The van der Waals surface area contributed by atoms with Gasteiger partial charge in [-0.05, 0) is 13.5 Å². The van der Waals surface area contributed by atoms with Crippen LogP contribution in [-0.4, -0.2) is 16.8 Å². The molecular formula is C13H24ClN3. The van der Waals surface area contributed by atoms with Crippen molar-refractivity contribution in [2.45, 2.75) is 51.5 Å². The Morgan fingerprint density at radius 1 is 1.35 bits per heavy atom. The smallest absolute Gasteiger partial charge is 0.0833 e. The number of nitrogens with zero attached hydrogens (tertiary/aromatic N) is 2. The fourth-order valence-corrected chi connectivity index (χ4v) is 2.48. The first kappa shape index (κ1) is 14.5. The van der Waals surface area contributed by atoms with Gasteiger partial charge in [0.25, 0.3) is 0 Å². The maximum atomic E-state index is 6.16. The number of halogens is 1. The summed E-state index contributed by atoms with van der Waals surface area (Å²) in [7, 11) is 3.93. The molecule has 0 fully saturated rings. The highest BCUT2D eigenvalue weighted by atomic mass is 35.5. The fourth-order valence-electron chi connectivity index (χ4n) is 2.18. The van der Waals surface area contributed by atoms with Crippen LogP contribution in [0.15, 0.2) is 6.20 Å². The first-order chi connectivity index (χ1) is 8.20. The second kappa shape index (κ2) is 7.72. The van der Waals surface area contributed by atoms with Gasteiger partial charge in [-0.2, -0.15) is 5.10 Å². The van der Waals surface area contributed by atoms with Gasteiger partial charge in [-0.3, -0.25) is 4.68 Å². The lowest BCUT2D eigenvalue weighted by Crippen LogP contribution is -2.19. The summed E-state index contributed by atoms with van der Waals surface area (Å²) in [6.45, 7) is 2.24. The van der Waals surface area contributed by atoms with Gasteiger partial charge < -0.3 is 5.32 Å². The van der Waals surface area contributed by atoms with Gasteiger partial charge >= 0.3 is 0 Å². The summed E-state index contributed by atoms with van der Waals surface area (Å²) in [6.07, 6.45) is 9.37. The monoisotopic (exact) mass is 257 g/mol. The van der Waals surface area contributed by atoms with Crippen LogP contribution in [0.5, 0.6) is 0 Å². The van der Waals surface area contributed by atoms with Crippen LogP contribution in [0.1, 0.15) is 57.2 Å². The summed E-state index contributed by atoms with van der Waals surface area (Å²) < 4.78 is 1.87. The molecular weight excluding hydrogens is 234 g/mol. The van der Waals surface area contributed by atoms with Crippen molar-refractivity contribution in [1.82, 2.24) is 15.1 Å². The van der Waals surface area contributed by atoms with Crippen molar-refractivity contribution in [1.29, 1.82) is 0 Å². The Morgan fingerprint density at radius 2 is 2.06 bits per heavy atom. The molecule has 1 heterocycles. The molecule has 0 saturated heterocycles. The third-order valence-corrected chi connectivity index (χ3v) is 3.50. The topological polar surface area (TPSA) is 29.9 Å². The van der Waals surface area contributed by atoms with Crippen molar-refractivity contribution in [3.05, 3.63) is 16.9 Å². The zero-order valence-electron chi connectivity index (χ0n) is 11.2. The molecule has 0 radical (unpaired) electrons. The maximum Gasteiger partial charge on any atom is 0.0833 e. The van der Waals surface area contributed by atoms with Crippen molar-refractivity contribution in [2.24, 2.45) is 7.05 Å². The molecule has 0 amide bonds. The third-order valence-electron chi connectivity index (χ3n) is 3.21. The molecule has 98 valence electrons. The molecule has 0 bridgehead atoms. The summed E-state index contributed by atoms with van der Waals surface area (Å²) >= 11 is 6.16. The molecule has 1 atom stereocenters. The van der Waals surface area contributed by atoms with Gasteiger partial charge in [-0.1, -0.05) is 50.6 Å². The minimum Gasteiger partial charge on any atom is -0.312 e. The van der Waals surface area contributed by atoms with Gasteiger partial charge in [-0.25, -0.2) is 0 Å². The van der Waals surface area contributed by atoms with Crippen LogP contribution in [0.25, 0.3) is 0 Å². The Balaban J connectivity index is 2.43. The zero-order valence-corrected chi connectivity index (χ0v) is 11.9. The minimum absolute atomic E-state index is 0.316. The Bertz CT molecular complexity index is 303. The summed E-state index contributed by atoms with van der Waals surface area (Å²) in [5.74, 6) is 0. The number of aryl methyl sites for hydroxylation is 1. The van der Waals surface area contributed by atoms with Crippen molar-refractivity contribution >= 4 is 11.6 Å². The Hall–Kier alpha value is -0.540. The van der Waals surface area contributed by atoms with E-state index in [-0.39, 0.29) is 0 Å². The zero-order chi connectivity index (χ0) is 12.7.